The molecule has 0 bridgehead atoms. The van der Waals surface area contributed by atoms with Crippen molar-refractivity contribution in [2.24, 2.45) is 0 Å². The number of rotatable bonds is 2. The zero-order valence-corrected chi connectivity index (χ0v) is 12.5. The predicted molar refractivity (Wildman–Crippen MR) is 78.6 cm³/mol. The summed E-state index contributed by atoms with van der Waals surface area (Å²) >= 11 is 0. The van der Waals surface area contributed by atoms with Crippen LogP contribution in [0.25, 0.3) is 11.0 Å². The van der Waals surface area contributed by atoms with Crippen LogP contribution in [0.2, 0.25) is 0 Å². The van der Waals surface area contributed by atoms with Crippen LogP contribution in [0.15, 0.2) is 23.1 Å². The van der Waals surface area contributed by atoms with Gasteiger partial charge in [-0.05, 0) is 38.4 Å². The van der Waals surface area contributed by atoms with Crippen LogP contribution < -0.4 is 5.32 Å². The maximum absolute atomic E-state index is 11.8. The van der Waals surface area contributed by atoms with Gasteiger partial charge in [-0.1, -0.05) is 6.07 Å². The van der Waals surface area contributed by atoms with Gasteiger partial charge in [0, 0.05) is 18.2 Å². The average Bonchev–Trinajstić information content (AvgIpc) is 2.81. The van der Waals surface area contributed by atoms with E-state index in [1.807, 2.05) is 6.07 Å². The number of piperidine rings is 1. The first kappa shape index (κ1) is 13.6. The van der Waals surface area contributed by atoms with Crippen LogP contribution in [-0.2, 0) is 9.84 Å². The number of aromatic nitrogens is 2. The maximum atomic E-state index is 11.8. The molecule has 0 amide bonds. The van der Waals surface area contributed by atoms with Crippen molar-refractivity contribution in [3.63, 3.8) is 0 Å². The van der Waals surface area contributed by atoms with Crippen LogP contribution in [0.4, 0.5) is 0 Å². The Labute approximate surface area is 118 Å². The Bertz CT molecular complexity index is 736. The summed E-state index contributed by atoms with van der Waals surface area (Å²) in [5.74, 6) is 1.27. The largest absolute Gasteiger partial charge is 0.342 e. The first-order chi connectivity index (χ1) is 9.45. The molecule has 0 aliphatic carbocycles. The third-order valence-electron chi connectivity index (χ3n) is 3.90. The lowest BCUT2D eigenvalue weighted by molar-refractivity contribution is 0.373. The molecule has 2 N–H and O–H groups in total. The molecule has 1 saturated heterocycles. The van der Waals surface area contributed by atoms with Crippen LogP contribution in [-0.4, -0.2) is 37.2 Å². The number of hydrogen-bond acceptors (Lipinski definition) is 4. The van der Waals surface area contributed by atoms with E-state index in [4.69, 9.17) is 0 Å². The quantitative estimate of drug-likeness (QED) is 0.885. The fourth-order valence-electron chi connectivity index (χ4n) is 2.90. The van der Waals surface area contributed by atoms with Crippen molar-refractivity contribution in [2.75, 3.05) is 12.8 Å². The van der Waals surface area contributed by atoms with Crippen LogP contribution >= 0.6 is 0 Å². The van der Waals surface area contributed by atoms with Gasteiger partial charge in [0.2, 0.25) is 0 Å². The van der Waals surface area contributed by atoms with Crippen molar-refractivity contribution in [1.82, 2.24) is 15.3 Å². The Balaban J connectivity index is 2.07. The Morgan fingerprint density at radius 3 is 2.85 bits per heavy atom. The number of hydrogen-bond donors (Lipinski definition) is 2. The van der Waals surface area contributed by atoms with Gasteiger partial charge in [0.25, 0.3) is 0 Å². The van der Waals surface area contributed by atoms with Crippen molar-refractivity contribution in [3.05, 3.63) is 24.0 Å². The molecule has 1 aromatic carbocycles. The highest BCUT2D eigenvalue weighted by Crippen LogP contribution is 2.29. The smallest absolute Gasteiger partial charge is 0.177 e. The van der Waals surface area contributed by atoms with Gasteiger partial charge in [-0.25, -0.2) is 13.4 Å². The van der Waals surface area contributed by atoms with E-state index in [2.05, 4.69) is 22.2 Å². The van der Waals surface area contributed by atoms with E-state index in [9.17, 15) is 8.42 Å². The molecule has 20 heavy (non-hydrogen) atoms. The number of aromatic amines is 1. The molecule has 6 heteroatoms. The molecular formula is C14H19N3O2S. The van der Waals surface area contributed by atoms with Gasteiger partial charge in [0.15, 0.2) is 9.84 Å². The zero-order chi connectivity index (χ0) is 14.3. The zero-order valence-electron chi connectivity index (χ0n) is 11.7. The highest BCUT2D eigenvalue weighted by atomic mass is 32.2. The van der Waals surface area contributed by atoms with Crippen molar-refractivity contribution in [3.8, 4) is 0 Å². The van der Waals surface area contributed by atoms with Gasteiger partial charge in [-0.15, -0.1) is 0 Å². The molecule has 2 heterocycles. The van der Waals surface area contributed by atoms with Crippen LogP contribution in [0.1, 0.15) is 31.5 Å². The Kier molecular flexibility index (Phi) is 3.30. The highest BCUT2D eigenvalue weighted by Gasteiger charge is 2.24. The molecule has 2 unspecified atom stereocenters. The Morgan fingerprint density at radius 1 is 1.35 bits per heavy atom. The Morgan fingerprint density at radius 2 is 2.15 bits per heavy atom. The first-order valence-corrected chi connectivity index (χ1v) is 8.76. The lowest BCUT2D eigenvalue weighted by atomic mass is 9.93. The topological polar surface area (TPSA) is 74.8 Å². The van der Waals surface area contributed by atoms with Crippen LogP contribution in [0.5, 0.6) is 0 Å². The van der Waals surface area contributed by atoms with Crippen molar-refractivity contribution < 1.29 is 8.42 Å². The molecule has 108 valence electrons. The van der Waals surface area contributed by atoms with E-state index in [-0.39, 0.29) is 0 Å². The van der Waals surface area contributed by atoms with E-state index in [1.54, 1.807) is 12.1 Å². The van der Waals surface area contributed by atoms with E-state index < -0.39 is 9.84 Å². The number of benzene rings is 1. The molecule has 0 radical (unpaired) electrons. The minimum atomic E-state index is -3.25. The van der Waals surface area contributed by atoms with Gasteiger partial charge >= 0.3 is 0 Å². The van der Waals surface area contributed by atoms with Gasteiger partial charge in [-0.2, -0.15) is 0 Å². The molecule has 3 rings (SSSR count). The second-order valence-corrected chi connectivity index (χ2v) is 7.61. The molecule has 1 aliphatic heterocycles. The SMILES string of the molecule is CC1CC(c2nc3c(S(C)(=O)=O)cccc3[nH]2)CCN1. The number of H-pyrrole nitrogens is 1. The Hall–Kier alpha value is -1.40. The summed E-state index contributed by atoms with van der Waals surface area (Å²) in [7, 11) is -3.25. The number of nitrogens with one attached hydrogen (secondary N) is 2. The number of fused-ring (bicyclic) bond motifs is 1. The second-order valence-electron chi connectivity index (χ2n) is 5.62. The third-order valence-corrected chi connectivity index (χ3v) is 5.03. The summed E-state index contributed by atoms with van der Waals surface area (Å²) in [6.45, 7) is 3.14. The summed E-state index contributed by atoms with van der Waals surface area (Å²) in [5.41, 5.74) is 1.37. The minimum Gasteiger partial charge on any atom is -0.342 e. The summed E-state index contributed by atoms with van der Waals surface area (Å²) in [6, 6.07) is 5.72. The second kappa shape index (κ2) is 4.86. The molecule has 2 atom stereocenters. The monoisotopic (exact) mass is 293 g/mol. The van der Waals surface area contributed by atoms with Crippen LogP contribution in [0.3, 0.4) is 0 Å². The number of imidazole rings is 1. The van der Waals surface area contributed by atoms with E-state index in [1.165, 1.54) is 6.26 Å². The molecule has 0 saturated carbocycles. The van der Waals surface area contributed by atoms with Crippen LogP contribution in [0, 0.1) is 0 Å². The summed E-state index contributed by atoms with van der Waals surface area (Å²) < 4.78 is 23.6. The molecular weight excluding hydrogens is 274 g/mol. The predicted octanol–water partition coefficient (Wildman–Crippen LogP) is 1.82. The number of para-hydroxylation sites is 1. The third kappa shape index (κ3) is 2.45. The summed E-state index contributed by atoms with van der Waals surface area (Å²) in [5, 5.41) is 3.41. The van der Waals surface area contributed by atoms with Gasteiger partial charge in [-0.3, -0.25) is 0 Å². The first-order valence-electron chi connectivity index (χ1n) is 6.87. The average molecular weight is 293 g/mol. The fraction of sp³-hybridized carbons (Fsp3) is 0.500. The molecule has 5 nitrogen and oxygen atoms in total. The summed E-state index contributed by atoms with van der Waals surface area (Å²) in [4.78, 5) is 8.17. The molecule has 1 aliphatic rings. The normalized spacial score (nSPS) is 24.1. The standard InChI is InChI=1S/C14H19N3O2S/c1-9-8-10(6-7-15-9)14-16-11-4-3-5-12(13(11)17-14)20(2,18)19/h3-5,9-10,15H,6-8H2,1-2H3,(H,16,17). The van der Waals surface area contributed by atoms with E-state index in [0.717, 1.165) is 30.7 Å². The lowest BCUT2D eigenvalue weighted by Crippen LogP contribution is -2.35. The minimum absolute atomic E-state index is 0.305. The number of nitrogens with zero attached hydrogens (tertiary/aromatic N) is 1. The molecule has 2 aromatic rings. The van der Waals surface area contributed by atoms with Gasteiger partial charge in [0.1, 0.15) is 11.3 Å². The van der Waals surface area contributed by atoms with Crippen molar-refractivity contribution in [2.45, 2.75) is 36.6 Å². The van der Waals surface area contributed by atoms with E-state index in [0.29, 0.717) is 22.4 Å². The molecule has 1 fully saturated rings. The number of sulfone groups is 1. The fourth-order valence-corrected chi connectivity index (χ4v) is 3.73. The van der Waals surface area contributed by atoms with Gasteiger partial charge < -0.3 is 10.3 Å². The lowest BCUT2D eigenvalue weighted by Gasteiger charge is -2.26. The molecule has 1 aromatic heterocycles. The summed E-state index contributed by atoms with van der Waals surface area (Å²) in [6.07, 6.45) is 3.27. The van der Waals surface area contributed by atoms with Gasteiger partial charge in [0.05, 0.1) is 10.4 Å². The van der Waals surface area contributed by atoms with E-state index >= 15 is 0 Å². The van der Waals surface area contributed by atoms with Crippen molar-refractivity contribution >= 4 is 20.9 Å². The van der Waals surface area contributed by atoms with Crippen molar-refractivity contribution in [1.29, 1.82) is 0 Å². The maximum Gasteiger partial charge on any atom is 0.177 e. The molecule has 0 spiro atoms. The highest BCUT2D eigenvalue weighted by molar-refractivity contribution is 7.91.